The largest absolute Gasteiger partial charge is 0.465 e. The maximum atomic E-state index is 11.6. The minimum Gasteiger partial charge on any atom is -0.465 e. The maximum absolute atomic E-state index is 11.6. The first-order valence-electron chi connectivity index (χ1n) is 6.33. The number of likely N-dealkylation sites (N-methyl/N-ethyl adjacent to an activating group) is 1. The number of methoxy groups -OCH3 is 1. The summed E-state index contributed by atoms with van der Waals surface area (Å²) in [7, 11) is 3.30. The highest BCUT2D eigenvalue weighted by atomic mass is 16.6. The molecule has 1 saturated heterocycles. The van der Waals surface area contributed by atoms with E-state index >= 15 is 0 Å². The van der Waals surface area contributed by atoms with E-state index in [1.165, 1.54) is 25.3 Å². The standard InChI is InChI=1S/C13H17N3O4/c1-14-5-7-15(8-6-14)12-9-10(13(17)20-2)3-4-11(12)16(18)19/h3-4,9H,5-8H2,1-2H3. The third kappa shape index (κ3) is 2.88. The Labute approximate surface area is 116 Å². The van der Waals surface area contributed by atoms with Crippen LogP contribution in [0.4, 0.5) is 11.4 Å². The van der Waals surface area contributed by atoms with E-state index in [1.54, 1.807) is 0 Å². The Kier molecular flexibility index (Phi) is 4.19. The lowest BCUT2D eigenvalue weighted by molar-refractivity contribution is -0.384. The van der Waals surface area contributed by atoms with Crippen LogP contribution in [0.3, 0.4) is 0 Å². The van der Waals surface area contributed by atoms with Crippen LogP contribution in [-0.4, -0.2) is 56.1 Å². The van der Waals surface area contributed by atoms with Crippen molar-refractivity contribution in [2.24, 2.45) is 0 Å². The van der Waals surface area contributed by atoms with Gasteiger partial charge in [0.05, 0.1) is 17.6 Å². The SMILES string of the molecule is COC(=O)c1ccc([N+](=O)[O-])c(N2CCN(C)CC2)c1. The van der Waals surface area contributed by atoms with Gasteiger partial charge in [-0.2, -0.15) is 0 Å². The van der Waals surface area contributed by atoms with Crippen LogP contribution in [0.2, 0.25) is 0 Å². The summed E-state index contributed by atoms with van der Waals surface area (Å²) in [6, 6.07) is 4.32. The smallest absolute Gasteiger partial charge is 0.337 e. The molecule has 0 N–H and O–H groups in total. The number of hydrogen-bond acceptors (Lipinski definition) is 6. The number of anilines is 1. The number of nitrogens with zero attached hydrogens (tertiary/aromatic N) is 3. The van der Waals surface area contributed by atoms with E-state index in [4.69, 9.17) is 0 Å². The molecule has 20 heavy (non-hydrogen) atoms. The Hall–Kier alpha value is -2.15. The summed E-state index contributed by atoms with van der Waals surface area (Å²) >= 11 is 0. The van der Waals surface area contributed by atoms with Gasteiger partial charge in [0.2, 0.25) is 0 Å². The lowest BCUT2D eigenvalue weighted by atomic mass is 10.1. The number of piperazine rings is 1. The molecule has 1 aliphatic heterocycles. The van der Waals surface area contributed by atoms with E-state index in [0.717, 1.165) is 13.1 Å². The molecule has 7 heteroatoms. The van der Waals surface area contributed by atoms with Crippen molar-refractivity contribution in [1.29, 1.82) is 0 Å². The minimum absolute atomic E-state index is 0.0159. The van der Waals surface area contributed by atoms with Crippen LogP contribution >= 0.6 is 0 Å². The van der Waals surface area contributed by atoms with Gasteiger partial charge >= 0.3 is 5.97 Å². The Morgan fingerprint density at radius 2 is 1.95 bits per heavy atom. The second-order valence-corrected chi connectivity index (χ2v) is 4.74. The van der Waals surface area contributed by atoms with E-state index in [2.05, 4.69) is 9.64 Å². The summed E-state index contributed by atoms with van der Waals surface area (Å²) in [6.07, 6.45) is 0. The molecule has 0 aromatic heterocycles. The van der Waals surface area contributed by atoms with Crippen molar-refractivity contribution in [3.05, 3.63) is 33.9 Å². The molecular weight excluding hydrogens is 262 g/mol. The predicted molar refractivity (Wildman–Crippen MR) is 74.1 cm³/mol. The fourth-order valence-corrected chi connectivity index (χ4v) is 2.22. The molecule has 1 aliphatic rings. The number of benzene rings is 1. The van der Waals surface area contributed by atoms with Crippen molar-refractivity contribution in [2.75, 3.05) is 45.2 Å². The fourth-order valence-electron chi connectivity index (χ4n) is 2.22. The molecule has 7 nitrogen and oxygen atoms in total. The monoisotopic (exact) mass is 279 g/mol. The number of carbonyl (C=O) groups is 1. The van der Waals surface area contributed by atoms with Crippen LogP contribution < -0.4 is 4.90 Å². The third-order valence-corrected chi connectivity index (χ3v) is 3.44. The number of carbonyl (C=O) groups excluding carboxylic acids is 1. The third-order valence-electron chi connectivity index (χ3n) is 3.44. The quantitative estimate of drug-likeness (QED) is 0.469. The molecule has 0 aliphatic carbocycles. The van der Waals surface area contributed by atoms with Crippen LogP contribution in [0.1, 0.15) is 10.4 Å². The Bertz CT molecular complexity index is 524. The molecule has 0 amide bonds. The molecule has 1 aromatic rings. The summed E-state index contributed by atoms with van der Waals surface area (Å²) in [5, 5.41) is 11.1. The van der Waals surface area contributed by atoms with Crippen molar-refractivity contribution in [1.82, 2.24) is 4.90 Å². The fraction of sp³-hybridized carbons (Fsp3) is 0.462. The van der Waals surface area contributed by atoms with Gasteiger partial charge in [-0.05, 0) is 19.2 Å². The van der Waals surface area contributed by atoms with Gasteiger partial charge in [0.25, 0.3) is 5.69 Å². The highest BCUT2D eigenvalue weighted by Gasteiger charge is 2.24. The normalized spacial score (nSPS) is 16.0. The molecular formula is C13H17N3O4. The zero-order chi connectivity index (χ0) is 14.7. The molecule has 0 atom stereocenters. The minimum atomic E-state index is -0.490. The molecule has 1 aromatic carbocycles. The molecule has 0 bridgehead atoms. The average molecular weight is 279 g/mol. The number of esters is 1. The van der Waals surface area contributed by atoms with Crippen LogP contribution in [0.15, 0.2) is 18.2 Å². The first-order valence-corrected chi connectivity index (χ1v) is 6.33. The van der Waals surface area contributed by atoms with Crippen molar-refractivity contribution in [3.63, 3.8) is 0 Å². The van der Waals surface area contributed by atoms with Crippen LogP contribution in [0, 0.1) is 10.1 Å². The highest BCUT2D eigenvalue weighted by molar-refractivity contribution is 5.91. The molecule has 1 fully saturated rings. The zero-order valence-electron chi connectivity index (χ0n) is 11.5. The van der Waals surface area contributed by atoms with Crippen molar-refractivity contribution in [2.45, 2.75) is 0 Å². The van der Waals surface area contributed by atoms with Gasteiger partial charge in [0.15, 0.2) is 0 Å². The van der Waals surface area contributed by atoms with Gasteiger partial charge in [-0.15, -0.1) is 0 Å². The average Bonchev–Trinajstić information content (AvgIpc) is 2.46. The van der Waals surface area contributed by atoms with Crippen molar-refractivity contribution < 1.29 is 14.5 Å². The van der Waals surface area contributed by atoms with Gasteiger partial charge < -0.3 is 14.5 Å². The molecule has 2 rings (SSSR count). The maximum Gasteiger partial charge on any atom is 0.337 e. The Balaban J connectivity index is 2.36. The van der Waals surface area contributed by atoms with E-state index in [1.807, 2.05) is 11.9 Å². The van der Waals surface area contributed by atoms with Gasteiger partial charge in [-0.3, -0.25) is 10.1 Å². The summed E-state index contributed by atoms with van der Waals surface area (Å²) in [5.74, 6) is -0.490. The Morgan fingerprint density at radius 3 is 2.50 bits per heavy atom. The van der Waals surface area contributed by atoms with Crippen LogP contribution in [0.25, 0.3) is 0 Å². The van der Waals surface area contributed by atoms with Crippen molar-refractivity contribution in [3.8, 4) is 0 Å². The zero-order valence-corrected chi connectivity index (χ0v) is 11.5. The van der Waals surface area contributed by atoms with Crippen LogP contribution in [-0.2, 0) is 4.74 Å². The second kappa shape index (κ2) is 5.87. The summed E-state index contributed by atoms with van der Waals surface area (Å²) in [4.78, 5) is 26.4. The summed E-state index contributed by atoms with van der Waals surface area (Å²) in [6.45, 7) is 3.06. The van der Waals surface area contributed by atoms with E-state index in [-0.39, 0.29) is 5.69 Å². The lowest BCUT2D eigenvalue weighted by Gasteiger charge is -2.33. The van der Waals surface area contributed by atoms with E-state index < -0.39 is 10.9 Å². The predicted octanol–water partition coefficient (Wildman–Crippen LogP) is 1.13. The highest BCUT2D eigenvalue weighted by Crippen LogP contribution is 2.30. The van der Waals surface area contributed by atoms with Gasteiger partial charge in [-0.1, -0.05) is 0 Å². The summed E-state index contributed by atoms with van der Waals surface area (Å²) < 4.78 is 4.66. The number of rotatable bonds is 3. The first-order chi connectivity index (χ1) is 9.52. The lowest BCUT2D eigenvalue weighted by Crippen LogP contribution is -2.44. The number of ether oxygens (including phenoxy) is 1. The van der Waals surface area contributed by atoms with Gasteiger partial charge in [0.1, 0.15) is 5.69 Å². The van der Waals surface area contributed by atoms with E-state index in [9.17, 15) is 14.9 Å². The second-order valence-electron chi connectivity index (χ2n) is 4.74. The van der Waals surface area contributed by atoms with Gasteiger partial charge in [-0.25, -0.2) is 4.79 Å². The number of hydrogen-bond donors (Lipinski definition) is 0. The molecule has 0 spiro atoms. The molecule has 108 valence electrons. The molecule has 0 radical (unpaired) electrons. The van der Waals surface area contributed by atoms with E-state index in [0.29, 0.717) is 24.3 Å². The van der Waals surface area contributed by atoms with Crippen LogP contribution in [0.5, 0.6) is 0 Å². The molecule has 0 unspecified atom stereocenters. The topological polar surface area (TPSA) is 75.9 Å². The summed E-state index contributed by atoms with van der Waals surface area (Å²) in [5.41, 5.74) is 0.820. The van der Waals surface area contributed by atoms with Gasteiger partial charge in [0, 0.05) is 32.2 Å². The molecule has 1 heterocycles. The first kappa shape index (κ1) is 14.3. The Morgan fingerprint density at radius 1 is 1.30 bits per heavy atom. The van der Waals surface area contributed by atoms with Crippen molar-refractivity contribution >= 4 is 17.3 Å². The number of nitro benzene ring substituents is 1. The number of nitro groups is 1. The molecule has 0 saturated carbocycles.